The third kappa shape index (κ3) is 4.11. The van der Waals surface area contributed by atoms with Crippen molar-refractivity contribution in [3.8, 4) is 0 Å². The average molecular weight is 485 g/mol. The first-order valence-corrected chi connectivity index (χ1v) is 11.5. The molecular formula is C25H25F2N3O5. The predicted molar refractivity (Wildman–Crippen MR) is 118 cm³/mol. The van der Waals surface area contributed by atoms with Crippen LogP contribution in [0.1, 0.15) is 24.2 Å². The normalized spacial score (nSPS) is 30.7. The van der Waals surface area contributed by atoms with Crippen molar-refractivity contribution >= 4 is 17.6 Å². The fourth-order valence-electron chi connectivity index (χ4n) is 5.24. The largest absolute Gasteiger partial charge is 0.383 e. The van der Waals surface area contributed by atoms with Crippen LogP contribution in [0, 0.1) is 17.6 Å². The number of Topliss-reactive ketones (excluding diaryl/α,β-unsaturated/α-hetero) is 1. The van der Waals surface area contributed by atoms with Gasteiger partial charge in [0.2, 0.25) is 11.8 Å². The van der Waals surface area contributed by atoms with Gasteiger partial charge in [-0.1, -0.05) is 36.4 Å². The highest BCUT2D eigenvalue weighted by molar-refractivity contribution is 6.07. The molecule has 0 radical (unpaired) electrons. The number of fused-ring (bicyclic) bond motifs is 2. The number of nitrogens with one attached hydrogen (secondary N) is 1. The molecule has 3 aliphatic rings. The zero-order valence-corrected chi connectivity index (χ0v) is 18.9. The summed E-state index contributed by atoms with van der Waals surface area (Å²) in [5.41, 5.74) is 0.979. The van der Waals surface area contributed by atoms with Crippen molar-refractivity contribution in [2.75, 3.05) is 13.1 Å². The predicted octanol–water partition coefficient (Wildman–Crippen LogP) is 1.14. The maximum atomic E-state index is 13.9. The number of benzene rings is 2. The summed E-state index contributed by atoms with van der Waals surface area (Å²) in [5.74, 6) is -4.68. The molecule has 4 unspecified atom stereocenters. The molecule has 0 spiro atoms. The van der Waals surface area contributed by atoms with Crippen LogP contribution in [-0.2, 0) is 25.7 Å². The second-order valence-electron chi connectivity index (χ2n) is 9.16. The molecule has 2 aromatic rings. The van der Waals surface area contributed by atoms with Crippen molar-refractivity contribution in [3.05, 3.63) is 71.3 Å². The van der Waals surface area contributed by atoms with Gasteiger partial charge in [0.15, 0.2) is 5.78 Å². The summed E-state index contributed by atoms with van der Waals surface area (Å²) in [4.78, 5) is 42.2. The molecule has 3 saturated heterocycles. The molecule has 2 aromatic carbocycles. The van der Waals surface area contributed by atoms with Crippen molar-refractivity contribution in [2.45, 2.75) is 44.0 Å². The number of rotatable bonds is 4. The Bertz CT molecular complexity index is 1160. The molecule has 6 atom stereocenters. The Morgan fingerprint density at radius 3 is 2.60 bits per heavy atom. The smallest absolute Gasteiger partial charge is 0.245 e. The first kappa shape index (κ1) is 23.5. The minimum absolute atomic E-state index is 0.0607. The highest BCUT2D eigenvalue weighted by atomic mass is 19.1. The molecule has 8 nitrogen and oxygen atoms in total. The second kappa shape index (κ2) is 9.10. The first-order valence-electron chi connectivity index (χ1n) is 11.5. The topological polar surface area (TPSA) is 99.2 Å². The lowest BCUT2D eigenvalue weighted by atomic mass is 9.85. The Balaban J connectivity index is 1.31. The summed E-state index contributed by atoms with van der Waals surface area (Å²) < 4.78 is 33.2. The molecular weight excluding hydrogens is 460 g/mol. The molecule has 0 aliphatic carbocycles. The highest BCUT2D eigenvalue weighted by Gasteiger charge is 2.57. The summed E-state index contributed by atoms with van der Waals surface area (Å²) in [6.07, 6.45) is -2.63. The molecule has 10 heteroatoms. The lowest BCUT2D eigenvalue weighted by Gasteiger charge is -2.47. The van der Waals surface area contributed by atoms with E-state index >= 15 is 0 Å². The quantitative estimate of drug-likeness (QED) is 0.631. The van der Waals surface area contributed by atoms with Crippen LogP contribution in [-0.4, -0.2) is 70.0 Å². The Morgan fingerprint density at radius 2 is 1.89 bits per heavy atom. The van der Waals surface area contributed by atoms with Gasteiger partial charge in [0.25, 0.3) is 0 Å². The Morgan fingerprint density at radius 1 is 1.14 bits per heavy atom. The van der Waals surface area contributed by atoms with Gasteiger partial charge < -0.3 is 20.1 Å². The van der Waals surface area contributed by atoms with E-state index in [2.05, 4.69) is 5.32 Å². The number of aliphatic hydroxyl groups excluding tert-OH is 1. The molecule has 0 aromatic heterocycles. The second-order valence-corrected chi connectivity index (χ2v) is 9.16. The van der Waals surface area contributed by atoms with Crippen LogP contribution in [0.3, 0.4) is 0 Å². The fourth-order valence-corrected chi connectivity index (χ4v) is 5.24. The molecule has 3 heterocycles. The summed E-state index contributed by atoms with van der Waals surface area (Å²) >= 11 is 0. The fraction of sp³-hybridized carbons (Fsp3) is 0.400. The number of carbonyl (C=O) groups is 3. The van der Waals surface area contributed by atoms with E-state index in [1.165, 1.54) is 6.07 Å². The van der Waals surface area contributed by atoms with E-state index in [0.717, 1.165) is 11.6 Å². The van der Waals surface area contributed by atoms with Crippen molar-refractivity contribution in [1.82, 2.24) is 15.1 Å². The number of nitrogens with zero attached hydrogens (tertiary/aromatic N) is 2. The summed E-state index contributed by atoms with van der Waals surface area (Å²) in [6.45, 7) is 1.77. The first-order chi connectivity index (χ1) is 16.8. The molecule has 0 saturated carbocycles. The minimum atomic E-state index is -1.68. The SMILES string of the molecule is C[C@@H]1[C@H](c2ccccc2)OC2CN3CC(C(=O)NCc4ccc(F)cc4F)C(=O)C(O)C3C(=O)N21. The maximum Gasteiger partial charge on any atom is 0.245 e. The van der Waals surface area contributed by atoms with Gasteiger partial charge >= 0.3 is 0 Å². The number of halogens is 2. The molecule has 0 bridgehead atoms. The Labute approximate surface area is 200 Å². The highest BCUT2D eigenvalue weighted by Crippen LogP contribution is 2.39. The minimum Gasteiger partial charge on any atom is -0.383 e. The van der Waals surface area contributed by atoms with Crippen molar-refractivity contribution in [1.29, 1.82) is 0 Å². The van der Waals surface area contributed by atoms with E-state index in [1.54, 1.807) is 9.80 Å². The van der Waals surface area contributed by atoms with Crippen LogP contribution in [0.2, 0.25) is 0 Å². The summed E-state index contributed by atoms with van der Waals surface area (Å²) in [7, 11) is 0. The number of hydrogen-bond acceptors (Lipinski definition) is 6. The van der Waals surface area contributed by atoms with E-state index in [-0.39, 0.29) is 37.3 Å². The van der Waals surface area contributed by atoms with Gasteiger partial charge in [0, 0.05) is 31.3 Å². The van der Waals surface area contributed by atoms with E-state index in [1.807, 2.05) is 37.3 Å². The molecule has 3 aliphatic heterocycles. The Kier molecular flexibility index (Phi) is 6.12. The summed E-state index contributed by atoms with van der Waals surface area (Å²) in [5, 5.41) is 13.2. The van der Waals surface area contributed by atoms with Gasteiger partial charge in [-0.25, -0.2) is 8.78 Å². The zero-order valence-electron chi connectivity index (χ0n) is 18.9. The lowest BCUT2D eigenvalue weighted by Crippen LogP contribution is -2.70. The van der Waals surface area contributed by atoms with Gasteiger partial charge in [-0.3, -0.25) is 19.3 Å². The molecule has 35 heavy (non-hydrogen) atoms. The monoisotopic (exact) mass is 485 g/mol. The standard InChI is InChI=1S/C25H25F2N3O5/c1-13-23(14-5-3-2-4-6-14)35-19-12-29-11-17(21(31)22(32)20(29)25(34)30(13)19)24(33)28-10-15-7-8-16(26)9-18(15)27/h2-9,13,17,19-20,22-23,32H,10-12H2,1H3,(H,28,33)/t13-,17?,19?,20?,22?,23-/m1/s1. The van der Waals surface area contributed by atoms with Crippen molar-refractivity contribution < 1.29 is 33.0 Å². The number of carbonyl (C=O) groups excluding carboxylic acids is 3. The molecule has 184 valence electrons. The van der Waals surface area contributed by atoms with E-state index in [4.69, 9.17) is 4.74 Å². The number of piperazine rings is 1. The van der Waals surface area contributed by atoms with E-state index in [9.17, 15) is 28.3 Å². The zero-order chi connectivity index (χ0) is 24.9. The molecule has 5 rings (SSSR count). The molecule has 2 amide bonds. The van der Waals surface area contributed by atoms with Gasteiger partial charge in [-0.05, 0) is 18.6 Å². The van der Waals surface area contributed by atoms with Crippen LogP contribution in [0.15, 0.2) is 48.5 Å². The average Bonchev–Trinajstić information content (AvgIpc) is 3.17. The number of aliphatic hydroxyl groups is 1. The third-order valence-corrected chi connectivity index (χ3v) is 7.05. The third-order valence-electron chi connectivity index (χ3n) is 7.05. The van der Waals surface area contributed by atoms with Gasteiger partial charge in [-0.2, -0.15) is 0 Å². The van der Waals surface area contributed by atoms with Crippen LogP contribution in [0.25, 0.3) is 0 Å². The number of ether oxygens (including phenoxy) is 1. The number of ketones is 1. The van der Waals surface area contributed by atoms with Gasteiger partial charge in [0.05, 0.1) is 6.04 Å². The van der Waals surface area contributed by atoms with Crippen molar-refractivity contribution in [3.63, 3.8) is 0 Å². The molecule has 3 fully saturated rings. The molecule has 2 N–H and O–H groups in total. The van der Waals surface area contributed by atoms with Gasteiger partial charge in [0.1, 0.15) is 42.0 Å². The van der Waals surface area contributed by atoms with Gasteiger partial charge in [-0.15, -0.1) is 0 Å². The summed E-state index contributed by atoms with van der Waals surface area (Å²) in [6, 6.07) is 11.1. The van der Waals surface area contributed by atoms with Crippen molar-refractivity contribution in [2.24, 2.45) is 5.92 Å². The Hall–Kier alpha value is -3.21. The number of hydrogen-bond donors (Lipinski definition) is 2. The number of amides is 2. The lowest BCUT2D eigenvalue weighted by molar-refractivity contribution is -0.174. The van der Waals surface area contributed by atoms with Crippen LogP contribution < -0.4 is 5.32 Å². The number of piperidine rings is 1. The van der Waals surface area contributed by atoms with E-state index < -0.39 is 53.5 Å². The van der Waals surface area contributed by atoms with Crippen LogP contribution in [0.5, 0.6) is 0 Å². The van der Waals surface area contributed by atoms with Crippen LogP contribution >= 0.6 is 0 Å². The maximum absolute atomic E-state index is 13.9. The van der Waals surface area contributed by atoms with E-state index in [0.29, 0.717) is 6.07 Å². The van der Waals surface area contributed by atoms with Crippen LogP contribution in [0.4, 0.5) is 8.78 Å².